The Hall–Kier alpha value is -1.97. The maximum absolute atomic E-state index is 5.42. The maximum Gasteiger partial charge on any atom is 0.169 e. The van der Waals surface area contributed by atoms with Crippen molar-refractivity contribution in [3.63, 3.8) is 0 Å². The van der Waals surface area contributed by atoms with Gasteiger partial charge in [0.1, 0.15) is 5.75 Å². The molecule has 0 radical (unpaired) electrons. The molecule has 90 valence electrons. The van der Waals surface area contributed by atoms with Gasteiger partial charge in [-0.25, -0.2) is 0 Å². The zero-order valence-corrected chi connectivity index (χ0v) is 10.4. The number of aromatic nitrogens is 1. The molecule has 4 heteroatoms. The van der Waals surface area contributed by atoms with E-state index in [-0.39, 0.29) is 0 Å². The number of methoxy groups -OCH3 is 3. The third-order valence-corrected chi connectivity index (χ3v) is 2.81. The number of rotatable bonds is 3. The summed E-state index contributed by atoms with van der Waals surface area (Å²) in [4.78, 5) is 4.12. The molecular formula is C13H15NO3. The molecule has 0 atom stereocenters. The summed E-state index contributed by atoms with van der Waals surface area (Å²) in [5, 5.41) is 1.85. The van der Waals surface area contributed by atoms with E-state index in [0.717, 1.165) is 22.1 Å². The van der Waals surface area contributed by atoms with Crippen molar-refractivity contribution < 1.29 is 14.2 Å². The minimum atomic E-state index is 0.697. The second-order valence-corrected chi connectivity index (χ2v) is 3.65. The molecule has 4 nitrogen and oxygen atoms in total. The largest absolute Gasteiger partial charge is 0.496 e. The van der Waals surface area contributed by atoms with Gasteiger partial charge in [0.05, 0.1) is 21.3 Å². The first-order chi connectivity index (χ1) is 8.24. The van der Waals surface area contributed by atoms with Gasteiger partial charge in [-0.2, -0.15) is 0 Å². The van der Waals surface area contributed by atoms with Crippen LogP contribution in [0.3, 0.4) is 0 Å². The number of benzene rings is 1. The molecule has 0 amide bonds. The Morgan fingerprint density at radius 2 is 1.53 bits per heavy atom. The Balaban J connectivity index is 2.93. The topological polar surface area (TPSA) is 40.6 Å². The lowest BCUT2D eigenvalue weighted by molar-refractivity contribution is 0.350. The fraction of sp³-hybridized carbons (Fsp3) is 0.308. The van der Waals surface area contributed by atoms with Gasteiger partial charge in [0.2, 0.25) is 0 Å². The van der Waals surface area contributed by atoms with Crippen LogP contribution in [0.4, 0.5) is 0 Å². The summed E-state index contributed by atoms with van der Waals surface area (Å²) in [6.45, 7) is 1.94. The number of nitrogens with zero attached hydrogens (tertiary/aromatic N) is 1. The fourth-order valence-corrected chi connectivity index (χ4v) is 2.08. The molecule has 1 aromatic carbocycles. The van der Waals surface area contributed by atoms with E-state index in [4.69, 9.17) is 14.2 Å². The molecule has 0 unspecified atom stereocenters. The van der Waals surface area contributed by atoms with Crippen LogP contribution < -0.4 is 14.2 Å². The second-order valence-electron chi connectivity index (χ2n) is 3.65. The first-order valence-electron chi connectivity index (χ1n) is 5.26. The lowest BCUT2D eigenvalue weighted by Crippen LogP contribution is -1.98. The van der Waals surface area contributed by atoms with Crippen molar-refractivity contribution in [2.75, 3.05) is 21.3 Å². The monoisotopic (exact) mass is 233 g/mol. The van der Waals surface area contributed by atoms with Crippen LogP contribution in [-0.2, 0) is 0 Å². The van der Waals surface area contributed by atoms with Crippen LogP contribution in [0, 0.1) is 6.92 Å². The molecule has 1 aromatic heterocycles. The van der Waals surface area contributed by atoms with Crippen molar-refractivity contribution in [3.05, 3.63) is 24.0 Å². The first kappa shape index (κ1) is 11.5. The Kier molecular flexibility index (Phi) is 3.04. The molecule has 2 aromatic rings. The quantitative estimate of drug-likeness (QED) is 0.817. The zero-order valence-electron chi connectivity index (χ0n) is 10.4. The Morgan fingerprint density at radius 1 is 0.882 bits per heavy atom. The van der Waals surface area contributed by atoms with E-state index in [1.807, 2.05) is 13.0 Å². The molecule has 1 heterocycles. The summed E-state index contributed by atoms with van der Waals surface area (Å²) in [5.41, 5.74) is 0.910. The molecule has 0 bridgehead atoms. The van der Waals surface area contributed by atoms with Gasteiger partial charge in [-0.05, 0) is 13.0 Å². The SMILES string of the molecule is COc1c(C)c(OC)c2cnccc2c1OC. The predicted octanol–water partition coefficient (Wildman–Crippen LogP) is 2.57. The highest BCUT2D eigenvalue weighted by atomic mass is 16.5. The Labute approximate surface area is 100 Å². The van der Waals surface area contributed by atoms with Crippen LogP contribution in [0.2, 0.25) is 0 Å². The van der Waals surface area contributed by atoms with E-state index in [1.54, 1.807) is 33.7 Å². The lowest BCUT2D eigenvalue weighted by atomic mass is 10.1. The summed E-state index contributed by atoms with van der Waals surface area (Å²) in [6.07, 6.45) is 3.49. The number of ether oxygens (including phenoxy) is 3. The average Bonchev–Trinajstić information content (AvgIpc) is 2.37. The molecule has 0 N–H and O–H groups in total. The number of hydrogen-bond donors (Lipinski definition) is 0. The van der Waals surface area contributed by atoms with Crippen molar-refractivity contribution in [1.29, 1.82) is 0 Å². The van der Waals surface area contributed by atoms with E-state index in [9.17, 15) is 0 Å². The van der Waals surface area contributed by atoms with Gasteiger partial charge in [0, 0.05) is 28.7 Å². The molecule has 2 rings (SSSR count). The first-order valence-corrected chi connectivity index (χ1v) is 5.26. The summed E-state index contributed by atoms with van der Waals surface area (Å²) in [7, 11) is 4.89. The zero-order chi connectivity index (χ0) is 12.4. The second kappa shape index (κ2) is 4.49. The van der Waals surface area contributed by atoms with Gasteiger partial charge < -0.3 is 14.2 Å². The maximum atomic E-state index is 5.42. The van der Waals surface area contributed by atoms with Crippen LogP contribution in [0.15, 0.2) is 18.5 Å². The van der Waals surface area contributed by atoms with Crippen molar-refractivity contribution in [2.45, 2.75) is 6.92 Å². The standard InChI is InChI=1S/C13H15NO3/c1-8-11(15-2)10-7-14-6-5-9(10)13(17-4)12(8)16-3/h5-7H,1-4H3. The van der Waals surface area contributed by atoms with Crippen molar-refractivity contribution in [2.24, 2.45) is 0 Å². The van der Waals surface area contributed by atoms with E-state index in [1.165, 1.54) is 0 Å². The molecule has 0 aliphatic carbocycles. The van der Waals surface area contributed by atoms with E-state index in [0.29, 0.717) is 11.5 Å². The third kappa shape index (κ3) is 1.65. The number of hydrogen-bond acceptors (Lipinski definition) is 4. The van der Waals surface area contributed by atoms with Gasteiger partial charge in [-0.15, -0.1) is 0 Å². The minimum Gasteiger partial charge on any atom is -0.496 e. The summed E-state index contributed by atoms with van der Waals surface area (Å²) in [5.74, 6) is 2.18. The number of pyridine rings is 1. The van der Waals surface area contributed by atoms with Crippen LogP contribution >= 0.6 is 0 Å². The van der Waals surface area contributed by atoms with Crippen LogP contribution in [0.5, 0.6) is 17.2 Å². The lowest BCUT2D eigenvalue weighted by Gasteiger charge is -2.17. The summed E-state index contributed by atoms with van der Waals surface area (Å²) < 4.78 is 16.2. The van der Waals surface area contributed by atoms with Crippen LogP contribution in [-0.4, -0.2) is 26.3 Å². The van der Waals surface area contributed by atoms with Gasteiger partial charge in [-0.1, -0.05) is 0 Å². The summed E-state index contributed by atoms with van der Waals surface area (Å²) in [6, 6.07) is 1.89. The van der Waals surface area contributed by atoms with E-state index < -0.39 is 0 Å². The highest BCUT2D eigenvalue weighted by Gasteiger charge is 2.18. The molecule has 0 saturated carbocycles. The van der Waals surface area contributed by atoms with Crippen molar-refractivity contribution in [1.82, 2.24) is 4.98 Å². The fourth-order valence-electron chi connectivity index (χ4n) is 2.08. The van der Waals surface area contributed by atoms with E-state index in [2.05, 4.69) is 4.98 Å². The minimum absolute atomic E-state index is 0.697. The van der Waals surface area contributed by atoms with Gasteiger partial charge in [0.25, 0.3) is 0 Å². The average molecular weight is 233 g/mol. The normalized spacial score (nSPS) is 10.4. The molecule has 0 spiro atoms. The van der Waals surface area contributed by atoms with Crippen LogP contribution in [0.1, 0.15) is 5.56 Å². The molecule has 0 saturated heterocycles. The molecule has 0 aliphatic heterocycles. The molecule has 0 aliphatic rings. The Morgan fingerprint density at radius 3 is 2.12 bits per heavy atom. The highest BCUT2D eigenvalue weighted by Crippen LogP contribution is 2.44. The smallest absolute Gasteiger partial charge is 0.169 e. The van der Waals surface area contributed by atoms with Gasteiger partial charge >= 0.3 is 0 Å². The van der Waals surface area contributed by atoms with Crippen molar-refractivity contribution >= 4 is 10.8 Å². The summed E-state index contributed by atoms with van der Waals surface area (Å²) >= 11 is 0. The number of fused-ring (bicyclic) bond motifs is 1. The highest BCUT2D eigenvalue weighted by molar-refractivity contribution is 5.96. The van der Waals surface area contributed by atoms with Gasteiger partial charge in [0.15, 0.2) is 11.5 Å². The van der Waals surface area contributed by atoms with Crippen LogP contribution in [0.25, 0.3) is 10.8 Å². The molecular weight excluding hydrogens is 218 g/mol. The Bertz CT molecular complexity index is 552. The molecule has 17 heavy (non-hydrogen) atoms. The third-order valence-electron chi connectivity index (χ3n) is 2.81. The molecule has 0 fully saturated rings. The van der Waals surface area contributed by atoms with Gasteiger partial charge in [-0.3, -0.25) is 4.98 Å². The van der Waals surface area contributed by atoms with Crippen molar-refractivity contribution in [3.8, 4) is 17.2 Å². The predicted molar refractivity (Wildman–Crippen MR) is 66.1 cm³/mol. The van der Waals surface area contributed by atoms with E-state index >= 15 is 0 Å².